The molecule has 1 aromatic carbocycles. The van der Waals surface area contributed by atoms with E-state index >= 15 is 0 Å². The lowest BCUT2D eigenvalue weighted by atomic mass is 10.1. The highest BCUT2D eigenvalue weighted by atomic mass is 16.5. The monoisotopic (exact) mass is 360 g/mol. The van der Waals surface area contributed by atoms with Crippen LogP contribution in [0.25, 0.3) is 17.0 Å². The molecule has 0 saturated heterocycles. The Bertz CT molecular complexity index is 834. The average molecular weight is 360 g/mol. The minimum absolute atomic E-state index is 0.0790. The molecule has 1 heterocycles. The molecule has 0 bridgehead atoms. The lowest BCUT2D eigenvalue weighted by Crippen LogP contribution is -2.16. The molecule has 6 nitrogen and oxygen atoms in total. The molecule has 0 aliphatic rings. The number of aliphatic hydroxyl groups is 1. The summed E-state index contributed by atoms with van der Waals surface area (Å²) in [6.45, 7) is 3.77. The normalized spacial score (nSPS) is 12.7. The SMILES string of the molecule is COc1ccc2ccc(=O)oc2c1C=CC(CO)COC(=O)CC(C)C. The second-order valence-corrected chi connectivity index (χ2v) is 6.44. The summed E-state index contributed by atoms with van der Waals surface area (Å²) in [5.74, 6) is 0.0900. The third-order valence-corrected chi connectivity index (χ3v) is 3.81. The number of carbonyl (C=O) groups excluding carboxylic acids is 1. The number of benzene rings is 1. The fraction of sp³-hybridized carbons (Fsp3) is 0.400. The molecule has 0 aliphatic carbocycles. The van der Waals surface area contributed by atoms with Crippen LogP contribution in [0.15, 0.2) is 39.6 Å². The van der Waals surface area contributed by atoms with Crippen molar-refractivity contribution in [3.8, 4) is 5.75 Å². The number of aliphatic hydroxyl groups excluding tert-OH is 1. The predicted octanol–water partition coefficient (Wildman–Crippen LogP) is 3.01. The zero-order chi connectivity index (χ0) is 19.1. The summed E-state index contributed by atoms with van der Waals surface area (Å²) in [7, 11) is 1.52. The molecule has 0 saturated carbocycles. The maximum Gasteiger partial charge on any atom is 0.336 e. The van der Waals surface area contributed by atoms with Gasteiger partial charge in [0.15, 0.2) is 0 Å². The molecule has 0 fully saturated rings. The molecule has 140 valence electrons. The second kappa shape index (κ2) is 9.20. The van der Waals surface area contributed by atoms with Gasteiger partial charge in [0.25, 0.3) is 0 Å². The number of methoxy groups -OCH3 is 1. The quantitative estimate of drug-likeness (QED) is 0.575. The van der Waals surface area contributed by atoms with Gasteiger partial charge in [-0.15, -0.1) is 0 Å². The molecule has 0 spiro atoms. The Hall–Kier alpha value is -2.60. The molecule has 1 atom stereocenters. The van der Waals surface area contributed by atoms with E-state index in [0.29, 0.717) is 23.3 Å². The van der Waals surface area contributed by atoms with Crippen molar-refractivity contribution in [2.45, 2.75) is 20.3 Å². The Kier molecular flexibility index (Phi) is 6.97. The smallest absolute Gasteiger partial charge is 0.336 e. The largest absolute Gasteiger partial charge is 0.496 e. The number of hydrogen-bond acceptors (Lipinski definition) is 6. The molecule has 2 rings (SSSR count). The third-order valence-electron chi connectivity index (χ3n) is 3.81. The van der Waals surface area contributed by atoms with Crippen LogP contribution in [-0.2, 0) is 9.53 Å². The Morgan fingerprint density at radius 1 is 1.27 bits per heavy atom. The number of ether oxygens (including phenoxy) is 2. The summed E-state index contributed by atoms with van der Waals surface area (Å²) < 4.78 is 15.9. The van der Waals surface area contributed by atoms with Crippen molar-refractivity contribution in [3.05, 3.63) is 46.3 Å². The van der Waals surface area contributed by atoms with Gasteiger partial charge >= 0.3 is 11.6 Å². The van der Waals surface area contributed by atoms with E-state index in [1.54, 1.807) is 30.4 Å². The van der Waals surface area contributed by atoms with E-state index in [9.17, 15) is 14.7 Å². The predicted molar refractivity (Wildman–Crippen MR) is 99.1 cm³/mol. The van der Waals surface area contributed by atoms with E-state index in [1.165, 1.54) is 13.2 Å². The summed E-state index contributed by atoms with van der Waals surface area (Å²) in [6, 6.07) is 6.60. The molecule has 6 heteroatoms. The zero-order valence-electron chi connectivity index (χ0n) is 15.2. The van der Waals surface area contributed by atoms with Crippen LogP contribution in [0.3, 0.4) is 0 Å². The van der Waals surface area contributed by atoms with Crippen molar-refractivity contribution < 1.29 is 23.8 Å². The van der Waals surface area contributed by atoms with Crippen LogP contribution in [0.2, 0.25) is 0 Å². The lowest BCUT2D eigenvalue weighted by molar-refractivity contribution is -0.145. The van der Waals surface area contributed by atoms with E-state index in [2.05, 4.69) is 0 Å². The van der Waals surface area contributed by atoms with E-state index in [4.69, 9.17) is 13.9 Å². The molecule has 1 unspecified atom stereocenters. The van der Waals surface area contributed by atoms with Crippen LogP contribution in [0.1, 0.15) is 25.8 Å². The Morgan fingerprint density at radius 3 is 2.65 bits per heavy atom. The molecule has 1 aromatic heterocycles. The van der Waals surface area contributed by atoms with Gasteiger partial charge in [0, 0.05) is 23.8 Å². The molecule has 0 aliphatic heterocycles. The van der Waals surface area contributed by atoms with Crippen LogP contribution in [0.5, 0.6) is 5.75 Å². The second-order valence-electron chi connectivity index (χ2n) is 6.44. The maximum atomic E-state index is 11.7. The van der Waals surface area contributed by atoms with Crippen LogP contribution in [0.4, 0.5) is 0 Å². The van der Waals surface area contributed by atoms with Gasteiger partial charge in [0.2, 0.25) is 0 Å². The average Bonchev–Trinajstić information content (AvgIpc) is 2.61. The maximum absolute atomic E-state index is 11.7. The summed E-state index contributed by atoms with van der Waals surface area (Å²) in [6.07, 6.45) is 3.76. The van der Waals surface area contributed by atoms with Gasteiger partial charge in [-0.25, -0.2) is 4.79 Å². The van der Waals surface area contributed by atoms with E-state index in [1.807, 2.05) is 13.8 Å². The molecular weight excluding hydrogens is 336 g/mol. The lowest BCUT2D eigenvalue weighted by Gasteiger charge is -2.12. The van der Waals surface area contributed by atoms with Crippen LogP contribution < -0.4 is 10.4 Å². The highest BCUT2D eigenvalue weighted by Crippen LogP contribution is 2.28. The first-order valence-electron chi connectivity index (χ1n) is 8.50. The Labute approximate surface area is 152 Å². The van der Waals surface area contributed by atoms with Crippen molar-refractivity contribution in [2.75, 3.05) is 20.3 Å². The van der Waals surface area contributed by atoms with Gasteiger partial charge in [-0.05, 0) is 24.1 Å². The van der Waals surface area contributed by atoms with Crippen LogP contribution >= 0.6 is 0 Å². The van der Waals surface area contributed by atoms with Crippen molar-refractivity contribution >= 4 is 23.0 Å². The summed E-state index contributed by atoms with van der Waals surface area (Å²) >= 11 is 0. The number of fused-ring (bicyclic) bond motifs is 1. The molecule has 1 N–H and O–H groups in total. The minimum atomic E-state index is -0.457. The van der Waals surface area contributed by atoms with Crippen LogP contribution in [0, 0.1) is 11.8 Å². The standard InChI is InChI=1S/C20H24O6/c1-13(2)10-19(23)25-12-14(11-21)4-7-16-17(24-3)8-5-15-6-9-18(22)26-20(15)16/h4-9,13-14,21H,10-12H2,1-3H3. The number of carbonyl (C=O) groups is 1. The van der Waals surface area contributed by atoms with Gasteiger partial charge in [-0.2, -0.15) is 0 Å². The number of esters is 1. The fourth-order valence-electron chi connectivity index (χ4n) is 2.47. The van der Waals surface area contributed by atoms with Gasteiger partial charge in [0.05, 0.1) is 25.9 Å². The topological polar surface area (TPSA) is 86.0 Å². The van der Waals surface area contributed by atoms with Gasteiger partial charge in [0.1, 0.15) is 11.3 Å². The van der Waals surface area contributed by atoms with Gasteiger partial charge in [-0.1, -0.05) is 26.0 Å². The fourth-order valence-corrected chi connectivity index (χ4v) is 2.47. The Balaban J connectivity index is 2.23. The van der Waals surface area contributed by atoms with Crippen molar-refractivity contribution in [2.24, 2.45) is 11.8 Å². The molecule has 2 aromatic rings. The number of hydrogen-bond donors (Lipinski definition) is 1. The summed E-state index contributed by atoms with van der Waals surface area (Å²) in [4.78, 5) is 23.2. The first-order chi connectivity index (χ1) is 12.4. The first-order valence-corrected chi connectivity index (χ1v) is 8.50. The molecule has 0 radical (unpaired) electrons. The van der Waals surface area contributed by atoms with E-state index in [0.717, 1.165) is 5.39 Å². The van der Waals surface area contributed by atoms with E-state index in [-0.39, 0.29) is 31.0 Å². The molecule has 0 amide bonds. The minimum Gasteiger partial charge on any atom is -0.496 e. The highest BCUT2D eigenvalue weighted by molar-refractivity contribution is 5.88. The van der Waals surface area contributed by atoms with Crippen molar-refractivity contribution in [1.82, 2.24) is 0 Å². The first kappa shape index (κ1) is 19.7. The molecular formula is C20H24O6. The van der Waals surface area contributed by atoms with E-state index < -0.39 is 5.63 Å². The van der Waals surface area contributed by atoms with Crippen LogP contribution in [-0.4, -0.2) is 31.4 Å². The Morgan fingerprint density at radius 2 is 2.00 bits per heavy atom. The third kappa shape index (κ3) is 5.20. The highest BCUT2D eigenvalue weighted by Gasteiger charge is 2.12. The van der Waals surface area contributed by atoms with Gasteiger partial charge in [-0.3, -0.25) is 4.79 Å². The van der Waals surface area contributed by atoms with Crippen molar-refractivity contribution in [3.63, 3.8) is 0 Å². The summed E-state index contributed by atoms with van der Waals surface area (Å²) in [5.41, 5.74) is 0.540. The summed E-state index contributed by atoms with van der Waals surface area (Å²) in [5, 5.41) is 10.3. The van der Waals surface area contributed by atoms with Crippen molar-refractivity contribution in [1.29, 1.82) is 0 Å². The molecule has 26 heavy (non-hydrogen) atoms. The zero-order valence-corrected chi connectivity index (χ0v) is 15.2. The van der Waals surface area contributed by atoms with Gasteiger partial charge < -0.3 is 19.0 Å². The number of rotatable bonds is 8.